The molecule has 1 rings (SSSR count). The first kappa shape index (κ1) is 13.7. The summed E-state index contributed by atoms with van der Waals surface area (Å²) in [6, 6.07) is 0. The number of carbonyl (C=O) groups excluding carboxylic acids is 2. The lowest BCUT2D eigenvalue weighted by Crippen LogP contribution is -2.38. The number of rotatable bonds is 5. The largest absolute Gasteiger partial charge is 0.468 e. The van der Waals surface area contributed by atoms with E-state index in [9.17, 15) is 9.59 Å². The molecule has 0 aromatic heterocycles. The fourth-order valence-corrected chi connectivity index (χ4v) is 1.80. The van der Waals surface area contributed by atoms with E-state index in [-0.39, 0.29) is 25.0 Å². The molecule has 0 saturated carbocycles. The van der Waals surface area contributed by atoms with Crippen LogP contribution in [0.1, 0.15) is 19.3 Å². The molecule has 0 aliphatic heterocycles. The highest BCUT2D eigenvalue weighted by molar-refractivity contribution is 5.80. The molecular formula is C12H20N2O3. The number of hydrogen-bond acceptors (Lipinski definition) is 4. The van der Waals surface area contributed by atoms with Gasteiger partial charge in [-0.1, -0.05) is 6.08 Å². The zero-order valence-electron chi connectivity index (χ0n) is 10.7. The average molecular weight is 240 g/mol. The summed E-state index contributed by atoms with van der Waals surface area (Å²) in [5.41, 5.74) is 1.08. The third-order valence-electron chi connectivity index (χ3n) is 2.85. The maximum Gasteiger partial charge on any atom is 0.319 e. The first-order valence-corrected chi connectivity index (χ1v) is 5.75. The van der Waals surface area contributed by atoms with E-state index in [2.05, 4.69) is 10.8 Å². The van der Waals surface area contributed by atoms with Crippen molar-refractivity contribution >= 4 is 11.9 Å². The van der Waals surface area contributed by atoms with Gasteiger partial charge in [0.15, 0.2) is 0 Å². The van der Waals surface area contributed by atoms with Crippen molar-refractivity contribution in [2.75, 3.05) is 34.3 Å². The van der Waals surface area contributed by atoms with Gasteiger partial charge < -0.3 is 9.64 Å². The van der Waals surface area contributed by atoms with Crippen LogP contribution in [0.15, 0.2) is 11.8 Å². The molecule has 0 atom stereocenters. The Balaban J connectivity index is 2.40. The molecule has 96 valence electrons. The Morgan fingerprint density at radius 1 is 1.35 bits per heavy atom. The lowest BCUT2D eigenvalue weighted by molar-refractivity contribution is -0.142. The zero-order chi connectivity index (χ0) is 12.8. The number of amides is 1. The van der Waals surface area contributed by atoms with Crippen LogP contribution >= 0.6 is 0 Å². The summed E-state index contributed by atoms with van der Waals surface area (Å²) in [5, 5.41) is 0. The van der Waals surface area contributed by atoms with Crippen LogP contribution in [0.4, 0.5) is 0 Å². The summed E-state index contributed by atoms with van der Waals surface area (Å²) in [5.74, 6) is -0.326. The topological polar surface area (TPSA) is 49.9 Å². The van der Waals surface area contributed by atoms with E-state index < -0.39 is 0 Å². The number of methoxy groups -OCH3 is 1. The highest BCUT2D eigenvalue weighted by Gasteiger charge is 2.18. The molecule has 1 aliphatic carbocycles. The number of esters is 1. The van der Waals surface area contributed by atoms with Crippen LogP contribution in [-0.2, 0) is 14.3 Å². The van der Waals surface area contributed by atoms with Crippen molar-refractivity contribution in [3.05, 3.63) is 11.8 Å². The molecular weight excluding hydrogens is 220 g/mol. The molecule has 1 aliphatic rings. The number of likely N-dealkylation sites (N-methyl/N-ethyl adjacent to an activating group) is 2. The molecule has 5 nitrogen and oxygen atoms in total. The molecule has 17 heavy (non-hydrogen) atoms. The molecule has 0 aromatic rings. The second kappa shape index (κ2) is 6.39. The summed E-state index contributed by atoms with van der Waals surface area (Å²) >= 11 is 0. The molecule has 0 bridgehead atoms. The Kier molecular flexibility index (Phi) is 5.15. The van der Waals surface area contributed by atoms with Crippen molar-refractivity contribution in [2.45, 2.75) is 19.3 Å². The predicted octanol–water partition coefficient (Wildman–Crippen LogP) is 0.617. The number of hydrogen-bond donors (Lipinski definition) is 0. The summed E-state index contributed by atoms with van der Waals surface area (Å²) in [7, 11) is 4.85. The number of carbonyl (C=O) groups is 2. The van der Waals surface area contributed by atoms with Crippen LogP contribution in [0, 0.1) is 0 Å². The quantitative estimate of drug-likeness (QED) is 0.661. The first-order valence-electron chi connectivity index (χ1n) is 5.75. The van der Waals surface area contributed by atoms with Gasteiger partial charge in [0.05, 0.1) is 20.2 Å². The monoisotopic (exact) mass is 240 g/mol. The molecule has 0 fully saturated rings. The average Bonchev–Trinajstić information content (AvgIpc) is 2.80. The second-order valence-corrected chi connectivity index (χ2v) is 4.29. The number of allylic oxidation sites excluding steroid dienone is 2. The molecule has 0 aromatic carbocycles. The van der Waals surface area contributed by atoms with Crippen molar-refractivity contribution in [3.8, 4) is 0 Å². The first-order chi connectivity index (χ1) is 8.04. The Bertz CT molecular complexity index is 326. The van der Waals surface area contributed by atoms with Crippen molar-refractivity contribution < 1.29 is 14.3 Å². The summed E-state index contributed by atoms with van der Waals surface area (Å²) in [6.45, 7) is 0.359. The minimum atomic E-state index is -0.331. The molecule has 0 heterocycles. The number of ether oxygens (including phenoxy) is 1. The van der Waals surface area contributed by atoms with Crippen LogP contribution in [0.25, 0.3) is 0 Å². The normalized spacial score (nSPS) is 14.7. The van der Waals surface area contributed by atoms with Crippen molar-refractivity contribution in [1.29, 1.82) is 0 Å². The minimum absolute atomic E-state index is 0.00422. The van der Waals surface area contributed by atoms with E-state index >= 15 is 0 Å². The number of nitrogens with zero attached hydrogens (tertiary/aromatic N) is 2. The van der Waals surface area contributed by atoms with Crippen LogP contribution in [-0.4, -0.2) is 56.0 Å². The second-order valence-electron chi connectivity index (χ2n) is 4.29. The van der Waals surface area contributed by atoms with Gasteiger partial charge >= 0.3 is 5.97 Å². The standard InChI is InChI=1S/C12H20N2O3/c1-13(9-12(16)17-3)8-11(15)14(2)10-6-4-5-7-10/h6H,4-5,7-9H2,1-3H3. The van der Waals surface area contributed by atoms with Crippen LogP contribution in [0.2, 0.25) is 0 Å². The summed E-state index contributed by atoms with van der Waals surface area (Å²) < 4.78 is 4.55. The molecule has 0 unspecified atom stereocenters. The maximum absolute atomic E-state index is 11.9. The van der Waals surface area contributed by atoms with Gasteiger partial charge in [-0.15, -0.1) is 0 Å². The van der Waals surface area contributed by atoms with Gasteiger partial charge in [0, 0.05) is 12.7 Å². The van der Waals surface area contributed by atoms with Gasteiger partial charge in [-0.25, -0.2) is 0 Å². The van der Waals surface area contributed by atoms with E-state index in [1.807, 2.05) is 0 Å². The van der Waals surface area contributed by atoms with Gasteiger partial charge in [0.25, 0.3) is 0 Å². The van der Waals surface area contributed by atoms with Crippen LogP contribution < -0.4 is 0 Å². The summed E-state index contributed by atoms with van der Waals surface area (Å²) in [6.07, 6.45) is 5.22. The van der Waals surface area contributed by atoms with Gasteiger partial charge in [-0.05, 0) is 26.3 Å². The lowest BCUT2D eigenvalue weighted by Gasteiger charge is -2.22. The minimum Gasteiger partial charge on any atom is -0.468 e. The van der Waals surface area contributed by atoms with Crippen LogP contribution in [0.3, 0.4) is 0 Å². The van der Waals surface area contributed by atoms with Gasteiger partial charge in [-0.2, -0.15) is 0 Å². The van der Waals surface area contributed by atoms with Gasteiger partial charge in [-0.3, -0.25) is 14.5 Å². The lowest BCUT2D eigenvalue weighted by atomic mass is 10.3. The smallest absolute Gasteiger partial charge is 0.319 e. The maximum atomic E-state index is 11.9. The molecule has 0 spiro atoms. The SMILES string of the molecule is COC(=O)CN(C)CC(=O)N(C)C1=CCCC1. The highest BCUT2D eigenvalue weighted by atomic mass is 16.5. The van der Waals surface area contributed by atoms with E-state index in [1.165, 1.54) is 7.11 Å². The van der Waals surface area contributed by atoms with Crippen molar-refractivity contribution in [3.63, 3.8) is 0 Å². The molecule has 0 saturated heterocycles. The van der Waals surface area contributed by atoms with Gasteiger partial charge in [0.1, 0.15) is 0 Å². The fourth-order valence-electron chi connectivity index (χ4n) is 1.80. The van der Waals surface area contributed by atoms with E-state index in [0.29, 0.717) is 0 Å². The van der Waals surface area contributed by atoms with Gasteiger partial charge in [0.2, 0.25) is 5.91 Å². The Morgan fingerprint density at radius 3 is 2.59 bits per heavy atom. The molecule has 0 radical (unpaired) electrons. The molecule has 0 N–H and O–H groups in total. The van der Waals surface area contributed by atoms with Crippen molar-refractivity contribution in [2.24, 2.45) is 0 Å². The van der Waals surface area contributed by atoms with E-state index in [1.54, 1.807) is 23.9 Å². The van der Waals surface area contributed by atoms with E-state index in [0.717, 1.165) is 25.0 Å². The zero-order valence-corrected chi connectivity index (χ0v) is 10.7. The Morgan fingerprint density at radius 2 is 2.06 bits per heavy atom. The summed E-state index contributed by atoms with van der Waals surface area (Å²) in [4.78, 5) is 26.3. The molecule has 1 amide bonds. The van der Waals surface area contributed by atoms with Crippen LogP contribution in [0.5, 0.6) is 0 Å². The third kappa shape index (κ3) is 4.19. The Hall–Kier alpha value is -1.36. The fraction of sp³-hybridized carbons (Fsp3) is 0.667. The van der Waals surface area contributed by atoms with Crippen molar-refractivity contribution in [1.82, 2.24) is 9.80 Å². The van der Waals surface area contributed by atoms with E-state index in [4.69, 9.17) is 0 Å². The highest BCUT2D eigenvalue weighted by Crippen LogP contribution is 2.20. The molecule has 5 heteroatoms. The predicted molar refractivity (Wildman–Crippen MR) is 64.2 cm³/mol. The Labute approximate surface area is 102 Å². The third-order valence-corrected chi connectivity index (χ3v) is 2.85.